The molecule has 0 saturated carbocycles. The number of rotatable bonds is 2. The lowest BCUT2D eigenvalue weighted by atomic mass is 10.2. The first-order valence-corrected chi connectivity index (χ1v) is 6.67. The molecular formula is C15H11BrN2O. The molecule has 94 valence electrons. The molecule has 0 bridgehead atoms. The zero-order chi connectivity index (χ0) is 13.2. The highest BCUT2D eigenvalue weighted by Gasteiger charge is 2.09. The van der Waals surface area contributed by atoms with Crippen LogP contribution in [0.4, 0.5) is 5.69 Å². The van der Waals surface area contributed by atoms with Gasteiger partial charge in [-0.25, -0.2) is 0 Å². The summed E-state index contributed by atoms with van der Waals surface area (Å²) >= 11 is 3.47. The number of benzene rings is 2. The van der Waals surface area contributed by atoms with Crippen LogP contribution in [0.1, 0.15) is 10.4 Å². The van der Waals surface area contributed by atoms with Gasteiger partial charge in [0.05, 0.1) is 11.2 Å². The average Bonchev–Trinajstić information content (AvgIpc) is 2.83. The molecule has 0 radical (unpaired) electrons. The third kappa shape index (κ3) is 2.27. The topological polar surface area (TPSA) is 44.9 Å². The summed E-state index contributed by atoms with van der Waals surface area (Å²) in [5.74, 6) is -0.112. The van der Waals surface area contributed by atoms with Crippen LogP contribution in [0.25, 0.3) is 10.9 Å². The number of H-pyrrole nitrogens is 1. The Bertz CT molecular complexity index is 734. The maximum absolute atomic E-state index is 12.1. The summed E-state index contributed by atoms with van der Waals surface area (Å²) < 4.78 is 0.985. The third-order valence-corrected chi connectivity index (χ3v) is 3.61. The van der Waals surface area contributed by atoms with E-state index in [2.05, 4.69) is 26.2 Å². The van der Waals surface area contributed by atoms with E-state index in [-0.39, 0.29) is 5.91 Å². The second-order valence-electron chi connectivity index (χ2n) is 4.18. The van der Waals surface area contributed by atoms with Crippen molar-refractivity contribution < 1.29 is 4.79 Å². The maximum atomic E-state index is 12.1. The molecule has 3 nitrogen and oxygen atoms in total. The SMILES string of the molecule is O=C(Nc1cccc2c(Br)c[nH]c12)c1ccccc1. The summed E-state index contributed by atoms with van der Waals surface area (Å²) in [7, 11) is 0. The molecule has 0 aliphatic carbocycles. The van der Waals surface area contributed by atoms with Gasteiger partial charge in [0.15, 0.2) is 0 Å². The number of amides is 1. The molecule has 1 amide bonds. The molecule has 0 unspecified atom stereocenters. The van der Waals surface area contributed by atoms with Gasteiger partial charge in [0.25, 0.3) is 5.91 Å². The number of carbonyl (C=O) groups excluding carboxylic acids is 1. The summed E-state index contributed by atoms with van der Waals surface area (Å²) in [5, 5.41) is 3.97. The van der Waals surface area contributed by atoms with E-state index in [1.165, 1.54) is 0 Å². The second kappa shape index (κ2) is 4.90. The number of para-hydroxylation sites is 1. The number of hydrogen-bond acceptors (Lipinski definition) is 1. The number of halogens is 1. The fourth-order valence-electron chi connectivity index (χ4n) is 2.01. The highest BCUT2D eigenvalue weighted by atomic mass is 79.9. The molecule has 3 rings (SSSR count). The van der Waals surface area contributed by atoms with Gasteiger partial charge in [0, 0.05) is 21.6 Å². The Morgan fingerprint density at radius 3 is 2.63 bits per heavy atom. The van der Waals surface area contributed by atoms with Crippen LogP contribution < -0.4 is 5.32 Å². The number of hydrogen-bond donors (Lipinski definition) is 2. The molecule has 0 spiro atoms. The van der Waals surface area contributed by atoms with Crippen molar-refractivity contribution >= 4 is 38.4 Å². The van der Waals surface area contributed by atoms with Crippen molar-refractivity contribution in [3.8, 4) is 0 Å². The molecule has 4 heteroatoms. The molecule has 1 aromatic heterocycles. The van der Waals surface area contributed by atoms with Crippen molar-refractivity contribution in [2.75, 3.05) is 5.32 Å². The molecule has 0 saturated heterocycles. The van der Waals surface area contributed by atoms with Gasteiger partial charge in [-0.2, -0.15) is 0 Å². The smallest absolute Gasteiger partial charge is 0.255 e. The van der Waals surface area contributed by atoms with E-state index in [9.17, 15) is 4.79 Å². The van der Waals surface area contributed by atoms with E-state index in [1.54, 1.807) is 12.1 Å². The molecule has 0 atom stereocenters. The van der Waals surface area contributed by atoms with E-state index < -0.39 is 0 Å². The number of aromatic amines is 1. The van der Waals surface area contributed by atoms with Crippen molar-refractivity contribution in [2.45, 2.75) is 0 Å². The van der Waals surface area contributed by atoms with Gasteiger partial charge in [-0.1, -0.05) is 30.3 Å². The van der Waals surface area contributed by atoms with Crippen LogP contribution in [0.15, 0.2) is 59.2 Å². The first-order valence-electron chi connectivity index (χ1n) is 5.88. The number of anilines is 1. The van der Waals surface area contributed by atoms with Crippen LogP contribution in [0.2, 0.25) is 0 Å². The summed E-state index contributed by atoms with van der Waals surface area (Å²) in [6.07, 6.45) is 1.86. The molecule has 0 fully saturated rings. The van der Waals surface area contributed by atoms with E-state index in [0.29, 0.717) is 5.56 Å². The predicted molar refractivity (Wildman–Crippen MR) is 80.4 cm³/mol. The van der Waals surface area contributed by atoms with Gasteiger partial charge in [0.2, 0.25) is 0 Å². The Morgan fingerprint density at radius 1 is 1.05 bits per heavy atom. The molecule has 2 aromatic carbocycles. The van der Waals surface area contributed by atoms with Gasteiger partial charge in [-0.15, -0.1) is 0 Å². The molecule has 0 aliphatic rings. The van der Waals surface area contributed by atoms with Crippen LogP contribution >= 0.6 is 15.9 Å². The van der Waals surface area contributed by atoms with Crippen molar-refractivity contribution in [1.82, 2.24) is 4.98 Å². The first-order chi connectivity index (χ1) is 9.25. The lowest BCUT2D eigenvalue weighted by molar-refractivity contribution is 0.102. The minimum Gasteiger partial charge on any atom is -0.358 e. The van der Waals surface area contributed by atoms with Crippen molar-refractivity contribution in [1.29, 1.82) is 0 Å². The number of fused-ring (bicyclic) bond motifs is 1. The highest BCUT2D eigenvalue weighted by molar-refractivity contribution is 9.10. The highest BCUT2D eigenvalue weighted by Crippen LogP contribution is 2.28. The van der Waals surface area contributed by atoms with E-state index in [0.717, 1.165) is 21.1 Å². The zero-order valence-corrected chi connectivity index (χ0v) is 11.6. The van der Waals surface area contributed by atoms with Gasteiger partial charge >= 0.3 is 0 Å². The lowest BCUT2D eigenvalue weighted by Crippen LogP contribution is -2.11. The summed E-state index contributed by atoms with van der Waals surface area (Å²) in [6.45, 7) is 0. The first kappa shape index (κ1) is 12.0. The maximum Gasteiger partial charge on any atom is 0.255 e. The fraction of sp³-hybridized carbons (Fsp3) is 0. The monoisotopic (exact) mass is 314 g/mol. The number of carbonyl (C=O) groups is 1. The van der Waals surface area contributed by atoms with Gasteiger partial charge < -0.3 is 10.3 Å². The van der Waals surface area contributed by atoms with Crippen molar-refractivity contribution in [2.24, 2.45) is 0 Å². The summed E-state index contributed by atoms with van der Waals surface area (Å²) in [6, 6.07) is 15.0. The minimum absolute atomic E-state index is 0.112. The molecule has 3 aromatic rings. The van der Waals surface area contributed by atoms with E-state index >= 15 is 0 Å². The standard InChI is InChI=1S/C15H11BrN2O/c16-12-9-17-14-11(12)7-4-8-13(14)18-15(19)10-5-2-1-3-6-10/h1-9,17H,(H,18,19). The quantitative estimate of drug-likeness (QED) is 0.732. The Kier molecular flexibility index (Phi) is 3.09. The third-order valence-electron chi connectivity index (χ3n) is 2.95. The van der Waals surface area contributed by atoms with Crippen LogP contribution in [0.3, 0.4) is 0 Å². The van der Waals surface area contributed by atoms with Crippen LogP contribution in [-0.2, 0) is 0 Å². The second-order valence-corrected chi connectivity index (χ2v) is 5.04. The van der Waals surface area contributed by atoms with Crippen molar-refractivity contribution in [3.63, 3.8) is 0 Å². The fourth-order valence-corrected chi connectivity index (χ4v) is 2.45. The van der Waals surface area contributed by atoms with Gasteiger partial charge in [-0.3, -0.25) is 4.79 Å². The summed E-state index contributed by atoms with van der Waals surface area (Å²) in [4.78, 5) is 15.3. The number of aromatic nitrogens is 1. The summed E-state index contributed by atoms with van der Waals surface area (Å²) in [5.41, 5.74) is 2.33. The van der Waals surface area contributed by atoms with Crippen LogP contribution in [-0.4, -0.2) is 10.9 Å². The average molecular weight is 315 g/mol. The Morgan fingerprint density at radius 2 is 1.84 bits per heavy atom. The van der Waals surface area contributed by atoms with Crippen LogP contribution in [0, 0.1) is 0 Å². The lowest BCUT2D eigenvalue weighted by Gasteiger charge is -2.06. The molecule has 1 heterocycles. The normalized spacial score (nSPS) is 10.6. The Labute approximate surface area is 118 Å². The van der Waals surface area contributed by atoms with E-state index in [1.807, 2.05) is 42.6 Å². The molecular weight excluding hydrogens is 304 g/mol. The van der Waals surface area contributed by atoms with Crippen molar-refractivity contribution in [3.05, 3.63) is 64.8 Å². The largest absolute Gasteiger partial charge is 0.358 e. The van der Waals surface area contributed by atoms with Gasteiger partial charge in [0.1, 0.15) is 0 Å². The number of nitrogens with one attached hydrogen (secondary N) is 2. The van der Waals surface area contributed by atoms with E-state index in [4.69, 9.17) is 0 Å². The van der Waals surface area contributed by atoms with Crippen LogP contribution in [0.5, 0.6) is 0 Å². The molecule has 19 heavy (non-hydrogen) atoms. The molecule has 0 aliphatic heterocycles. The predicted octanol–water partition coefficient (Wildman–Crippen LogP) is 4.18. The minimum atomic E-state index is -0.112. The Hall–Kier alpha value is -2.07. The van der Waals surface area contributed by atoms with Gasteiger partial charge in [-0.05, 0) is 34.1 Å². The molecule has 2 N–H and O–H groups in total. The zero-order valence-electron chi connectivity index (χ0n) is 9.98. The Balaban J connectivity index is 1.96.